The summed E-state index contributed by atoms with van der Waals surface area (Å²) in [6.45, 7) is 14.4. The number of aliphatic carboxylic acids is 1. The zero-order valence-corrected chi connectivity index (χ0v) is 37.0. The van der Waals surface area contributed by atoms with E-state index in [1.807, 2.05) is 65.7 Å². The number of carboxylic acids is 1. The van der Waals surface area contributed by atoms with E-state index in [2.05, 4.69) is 22.5 Å². The Morgan fingerprint density at radius 3 is 2.48 bits per heavy atom. The summed E-state index contributed by atoms with van der Waals surface area (Å²) in [5, 5.41) is 20.8. The highest BCUT2D eigenvalue weighted by Gasteiger charge is 2.61. The Morgan fingerprint density at radius 1 is 1.12 bits per heavy atom. The van der Waals surface area contributed by atoms with Crippen LogP contribution in [0.15, 0.2) is 35.8 Å². The highest BCUT2D eigenvalue weighted by atomic mass is 35.5. The number of benzene rings is 1. The predicted octanol–water partition coefficient (Wildman–Crippen LogP) is 5.40. The molecule has 2 aliphatic heterocycles. The van der Waals surface area contributed by atoms with Crippen molar-refractivity contribution in [2.24, 2.45) is 28.2 Å². The number of alkyl carbamates (subject to hydrolysis) is 1. The van der Waals surface area contributed by atoms with E-state index < -0.39 is 58.9 Å². The summed E-state index contributed by atoms with van der Waals surface area (Å²) in [6.07, 6.45) is 2.93. The number of ether oxygens (including phenoxy) is 3. The van der Waals surface area contributed by atoms with Crippen molar-refractivity contribution in [2.75, 3.05) is 39.5 Å². The maximum absolute atomic E-state index is 14.8. The van der Waals surface area contributed by atoms with Crippen LogP contribution in [0.1, 0.15) is 78.5 Å². The van der Waals surface area contributed by atoms with Crippen molar-refractivity contribution >= 4 is 63.3 Å². The first-order valence-corrected chi connectivity index (χ1v) is 22.2. The molecule has 1 saturated heterocycles. The molecule has 3 saturated carbocycles. The van der Waals surface area contributed by atoms with E-state index in [-0.39, 0.29) is 37.6 Å². The minimum absolute atomic E-state index is 0.0321. The lowest BCUT2D eigenvalue weighted by Gasteiger charge is -2.35. The number of halogens is 1. The van der Waals surface area contributed by atoms with Crippen LogP contribution in [0.2, 0.25) is 5.02 Å². The first-order chi connectivity index (χ1) is 28.4. The SMILES string of the molecule is C=C[C@@H]1CC1(NC(=O)[C@@H]1C[C@@H](Oc2cc(C3CSC(NC(C)C)=N3)nc3c(Cl)c(OCCN(C)C)ccc23)CN1C(=O)[C@@H](NC(=O)O[C@@H]1C[C@@H]2C[C@@H]2C1)C(C)(C)C)C(=O)O. The molecule has 7 rings (SSSR count). The number of carbonyl (C=O) groups excluding carboxylic acids is 3. The lowest BCUT2D eigenvalue weighted by molar-refractivity contribution is -0.146. The third-order valence-electron chi connectivity index (χ3n) is 12.1. The highest BCUT2D eigenvalue weighted by molar-refractivity contribution is 8.14. The van der Waals surface area contributed by atoms with E-state index in [0.29, 0.717) is 63.9 Å². The monoisotopic (exact) mass is 867 g/mol. The Kier molecular flexibility index (Phi) is 12.6. The summed E-state index contributed by atoms with van der Waals surface area (Å²) in [5.74, 6) is -0.0463. The van der Waals surface area contributed by atoms with Gasteiger partial charge in [0.15, 0.2) is 5.17 Å². The fourth-order valence-corrected chi connectivity index (χ4v) is 9.89. The lowest BCUT2D eigenvalue weighted by Crippen LogP contribution is -2.59. The van der Waals surface area contributed by atoms with Gasteiger partial charge in [-0.25, -0.2) is 14.6 Å². The number of amidine groups is 1. The van der Waals surface area contributed by atoms with Gasteiger partial charge in [-0.2, -0.15) is 0 Å². The first-order valence-electron chi connectivity index (χ1n) is 20.9. The van der Waals surface area contributed by atoms with Crippen molar-refractivity contribution in [1.29, 1.82) is 0 Å². The summed E-state index contributed by atoms with van der Waals surface area (Å²) in [4.78, 5) is 68.1. The maximum atomic E-state index is 14.8. The average Bonchev–Trinajstić information content (AvgIpc) is 3.84. The molecular formula is C43H58ClN7O8S. The van der Waals surface area contributed by atoms with Crippen LogP contribution in [0.25, 0.3) is 10.9 Å². The van der Waals surface area contributed by atoms with Crippen molar-refractivity contribution in [3.8, 4) is 11.5 Å². The quantitative estimate of drug-likeness (QED) is 0.168. The summed E-state index contributed by atoms with van der Waals surface area (Å²) in [5.41, 5.74) is -1.23. The van der Waals surface area contributed by atoms with Crippen molar-refractivity contribution < 1.29 is 38.5 Å². The number of thioether (sulfide) groups is 1. The molecule has 4 N–H and O–H groups in total. The number of pyridine rings is 1. The largest absolute Gasteiger partial charge is 0.491 e. The molecule has 5 aliphatic rings. The van der Waals surface area contributed by atoms with Crippen LogP contribution in [-0.2, 0) is 19.1 Å². The molecule has 326 valence electrons. The molecule has 0 bridgehead atoms. The van der Waals surface area contributed by atoms with Crippen LogP contribution in [0.3, 0.4) is 0 Å². The molecule has 2 aromatic rings. The number of nitrogens with one attached hydrogen (secondary N) is 3. The third kappa shape index (κ3) is 9.45. The Hall–Kier alpha value is -4.28. The van der Waals surface area contributed by atoms with E-state index in [0.717, 1.165) is 18.0 Å². The Bertz CT molecular complexity index is 2050. The Morgan fingerprint density at radius 2 is 1.85 bits per heavy atom. The van der Waals surface area contributed by atoms with E-state index in [1.54, 1.807) is 17.8 Å². The molecule has 2 unspecified atom stereocenters. The number of fused-ring (bicyclic) bond motifs is 2. The smallest absolute Gasteiger partial charge is 0.408 e. The number of aliphatic imine (C=N–C) groups is 1. The van der Waals surface area contributed by atoms with E-state index in [4.69, 9.17) is 35.8 Å². The van der Waals surface area contributed by atoms with Gasteiger partial charge >= 0.3 is 12.1 Å². The number of hydrogen-bond acceptors (Lipinski definition) is 12. The lowest BCUT2D eigenvalue weighted by atomic mass is 9.85. The van der Waals surface area contributed by atoms with E-state index in [9.17, 15) is 24.3 Å². The number of aromatic nitrogens is 1. The zero-order chi connectivity index (χ0) is 43.3. The second kappa shape index (κ2) is 17.2. The number of rotatable bonds is 15. The normalized spacial score (nSPS) is 28.5. The Labute approximate surface area is 360 Å². The molecule has 17 heteroatoms. The van der Waals surface area contributed by atoms with Crippen molar-refractivity contribution in [2.45, 2.75) is 109 Å². The van der Waals surface area contributed by atoms with Gasteiger partial charge in [-0.1, -0.05) is 50.2 Å². The Balaban J connectivity index is 1.20. The summed E-state index contributed by atoms with van der Waals surface area (Å²) >= 11 is 8.63. The minimum Gasteiger partial charge on any atom is -0.491 e. The molecule has 0 radical (unpaired) electrons. The highest BCUT2D eigenvalue weighted by Crippen LogP contribution is 2.52. The van der Waals surface area contributed by atoms with Gasteiger partial charge in [0.2, 0.25) is 11.8 Å². The van der Waals surface area contributed by atoms with Crippen LogP contribution in [0, 0.1) is 23.2 Å². The van der Waals surface area contributed by atoms with Crippen molar-refractivity contribution in [3.63, 3.8) is 0 Å². The number of likely N-dealkylation sites (tertiary alicyclic amines) is 1. The number of carbonyl (C=O) groups is 4. The molecular weight excluding hydrogens is 810 g/mol. The predicted molar refractivity (Wildman–Crippen MR) is 231 cm³/mol. The van der Waals surface area contributed by atoms with Crippen LogP contribution >= 0.6 is 23.4 Å². The topological polar surface area (TPSA) is 184 Å². The number of carboxylic acid groups (broad SMARTS) is 1. The van der Waals surface area contributed by atoms with Gasteiger partial charge in [0.1, 0.15) is 59.0 Å². The molecule has 3 heterocycles. The fourth-order valence-electron chi connectivity index (χ4n) is 8.54. The second-order valence-electron chi connectivity index (χ2n) is 18.5. The molecule has 9 atom stereocenters. The molecule has 1 aromatic heterocycles. The number of likely N-dealkylation sites (N-methyl/N-ethyl adjacent to an activating group) is 1. The van der Waals surface area contributed by atoms with Gasteiger partial charge < -0.3 is 45.1 Å². The zero-order valence-electron chi connectivity index (χ0n) is 35.5. The average molecular weight is 868 g/mol. The number of amides is 3. The molecule has 4 fully saturated rings. The van der Waals surface area contributed by atoms with Crippen LogP contribution in [-0.4, -0.2) is 124 Å². The molecule has 1 aromatic carbocycles. The van der Waals surface area contributed by atoms with Gasteiger partial charge in [0.05, 0.1) is 17.8 Å². The maximum Gasteiger partial charge on any atom is 0.408 e. The van der Waals surface area contributed by atoms with Crippen molar-refractivity contribution in [3.05, 3.63) is 41.6 Å². The van der Waals surface area contributed by atoms with E-state index in [1.165, 1.54) is 17.4 Å². The van der Waals surface area contributed by atoms with Gasteiger partial charge in [-0.15, -0.1) is 6.58 Å². The minimum atomic E-state index is -1.53. The van der Waals surface area contributed by atoms with Crippen LogP contribution < -0.4 is 25.4 Å². The standard InChI is InChI=1S/C43H58ClN7O8S/c1-9-25-19-43(25,39(54)55)49-37(52)31-17-27(20-51(31)38(53)36(42(4,5)6)48-41(56)59-26-15-23-14-24(23)16-26)58-33-18-29(30-21-60-40(47-30)45-22(2)3)46-35-28(33)10-11-32(34(35)44)57-13-12-50(7)8/h9-11,18,22-27,30-31,36H,1,12-17,19-21H2,2-8H3,(H,45,47)(H,48,56)(H,49,52)(H,54,55)/t23-,24+,25-,26+,27-,30?,31+,36-,43?/m1/s1. The molecule has 15 nitrogen and oxygen atoms in total. The summed E-state index contributed by atoms with van der Waals surface area (Å²) < 4.78 is 18.6. The third-order valence-corrected chi connectivity index (χ3v) is 13.4. The fraction of sp³-hybridized carbons (Fsp3) is 0.628. The summed E-state index contributed by atoms with van der Waals surface area (Å²) in [7, 11) is 3.91. The molecule has 3 amide bonds. The van der Waals surface area contributed by atoms with Crippen LogP contribution in [0.5, 0.6) is 11.5 Å². The van der Waals surface area contributed by atoms with Gasteiger partial charge in [0, 0.05) is 42.1 Å². The van der Waals surface area contributed by atoms with Gasteiger partial charge in [0.25, 0.3) is 0 Å². The summed E-state index contributed by atoms with van der Waals surface area (Å²) in [6, 6.07) is 3.12. The van der Waals surface area contributed by atoms with E-state index >= 15 is 0 Å². The molecule has 3 aliphatic carbocycles. The molecule has 60 heavy (non-hydrogen) atoms. The number of hydrogen-bond donors (Lipinski definition) is 4. The van der Waals surface area contributed by atoms with Gasteiger partial charge in [-0.3, -0.25) is 14.6 Å². The van der Waals surface area contributed by atoms with Crippen LogP contribution in [0.4, 0.5) is 4.79 Å². The first kappa shape index (κ1) is 43.8. The van der Waals surface area contributed by atoms with Gasteiger partial charge in [-0.05, 0) is 83.0 Å². The second-order valence-corrected chi connectivity index (χ2v) is 19.9. The number of nitrogens with zero attached hydrogens (tertiary/aromatic N) is 4. The molecule has 0 spiro atoms. The van der Waals surface area contributed by atoms with Crippen molar-refractivity contribution in [1.82, 2.24) is 30.7 Å².